The van der Waals surface area contributed by atoms with Crippen molar-refractivity contribution in [3.05, 3.63) is 29.8 Å². The standard InChI is InChI=1S/C20H28N2O2/c1-15(2)11-13-22(18-9-10-18)20(24)14-16-5-7-17(8-6-16)21-12-3-4-19(21)23/h5-8,15,18H,3-4,9-14H2,1-2H3. The molecule has 1 aromatic carbocycles. The van der Waals surface area contributed by atoms with Gasteiger partial charge in [0.25, 0.3) is 0 Å². The minimum absolute atomic E-state index is 0.201. The molecule has 0 aromatic heterocycles. The first kappa shape index (κ1) is 17.0. The number of amides is 2. The van der Waals surface area contributed by atoms with E-state index in [1.165, 1.54) is 0 Å². The second-order valence-corrected chi connectivity index (χ2v) is 7.49. The first-order chi connectivity index (χ1) is 11.5. The van der Waals surface area contributed by atoms with Crippen LogP contribution in [-0.2, 0) is 16.0 Å². The van der Waals surface area contributed by atoms with Crippen LogP contribution in [0, 0.1) is 5.92 Å². The Hall–Kier alpha value is -1.84. The fourth-order valence-corrected chi connectivity index (χ4v) is 3.29. The lowest BCUT2D eigenvalue weighted by Crippen LogP contribution is -2.35. The van der Waals surface area contributed by atoms with Crippen molar-refractivity contribution in [3.63, 3.8) is 0 Å². The zero-order valence-electron chi connectivity index (χ0n) is 14.8. The second kappa shape index (κ2) is 7.37. The van der Waals surface area contributed by atoms with E-state index < -0.39 is 0 Å². The third-order valence-electron chi connectivity index (χ3n) is 4.93. The molecule has 2 aliphatic rings. The van der Waals surface area contributed by atoms with Crippen molar-refractivity contribution in [3.8, 4) is 0 Å². The van der Waals surface area contributed by atoms with E-state index in [4.69, 9.17) is 0 Å². The summed E-state index contributed by atoms with van der Waals surface area (Å²) in [4.78, 5) is 28.4. The lowest BCUT2D eigenvalue weighted by atomic mass is 10.1. The van der Waals surface area contributed by atoms with Crippen LogP contribution in [0.25, 0.3) is 0 Å². The van der Waals surface area contributed by atoms with E-state index in [2.05, 4.69) is 18.7 Å². The molecule has 3 rings (SSSR count). The fourth-order valence-electron chi connectivity index (χ4n) is 3.29. The van der Waals surface area contributed by atoms with E-state index in [0.717, 1.165) is 50.0 Å². The third kappa shape index (κ3) is 4.16. The van der Waals surface area contributed by atoms with Gasteiger partial charge >= 0.3 is 0 Å². The molecule has 0 bridgehead atoms. The van der Waals surface area contributed by atoms with Gasteiger partial charge in [-0.05, 0) is 49.3 Å². The molecule has 4 heteroatoms. The smallest absolute Gasteiger partial charge is 0.227 e. The molecule has 1 heterocycles. The third-order valence-corrected chi connectivity index (χ3v) is 4.93. The highest BCUT2D eigenvalue weighted by Crippen LogP contribution is 2.28. The number of rotatable bonds is 7. The average molecular weight is 328 g/mol. The molecule has 1 saturated carbocycles. The van der Waals surface area contributed by atoms with Gasteiger partial charge in [0.1, 0.15) is 0 Å². The molecule has 1 saturated heterocycles. The minimum Gasteiger partial charge on any atom is -0.339 e. The summed E-state index contributed by atoms with van der Waals surface area (Å²) in [6, 6.07) is 8.40. The lowest BCUT2D eigenvalue weighted by Gasteiger charge is -2.23. The second-order valence-electron chi connectivity index (χ2n) is 7.49. The van der Waals surface area contributed by atoms with Crippen LogP contribution in [-0.4, -0.2) is 35.8 Å². The highest BCUT2D eigenvalue weighted by molar-refractivity contribution is 5.95. The van der Waals surface area contributed by atoms with E-state index >= 15 is 0 Å². The molecule has 130 valence electrons. The Labute approximate surface area is 144 Å². The molecular formula is C20H28N2O2. The highest BCUT2D eigenvalue weighted by Gasteiger charge is 2.32. The maximum Gasteiger partial charge on any atom is 0.227 e. The van der Waals surface area contributed by atoms with Crippen molar-refractivity contribution in [1.29, 1.82) is 0 Å². The predicted molar refractivity (Wildman–Crippen MR) is 95.9 cm³/mol. The molecule has 2 amide bonds. The van der Waals surface area contributed by atoms with E-state index in [1.807, 2.05) is 29.2 Å². The number of hydrogen-bond donors (Lipinski definition) is 0. The molecule has 0 atom stereocenters. The molecule has 0 radical (unpaired) electrons. The van der Waals surface area contributed by atoms with E-state index in [9.17, 15) is 9.59 Å². The van der Waals surface area contributed by atoms with Crippen LogP contribution in [0.15, 0.2) is 24.3 Å². The van der Waals surface area contributed by atoms with Crippen LogP contribution in [0.2, 0.25) is 0 Å². The van der Waals surface area contributed by atoms with Crippen LogP contribution in [0.3, 0.4) is 0 Å². The van der Waals surface area contributed by atoms with E-state index in [0.29, 0.717) is 24.8 Å². The molecular weight excluding hydrogens is 300 g/mol. The minimum atomic E-state index is 0.201. The van der Waals surface area contributed by atoms with Crippen molar-refractivity contribution in [2.45, 2.75) is 58.4 Å². The lowest BCUT2D eigenvalue weighted by molar-refractivity contribution is -0.131. The number of carbonyl (C=O) groups is 2. The Morgan fingerprint density at radius 2 is 1.96 bits per heavy atom. The zero-order chi connectivity index (χ0) is 17.1. The number of carbonyl (C=O) groups excluding carboxylic acids is 2. The van der Waals surface area contributed by atoms with Gasteiger partial charge in [0.15, 0.2) is 0 Å². The molecule has 4 nitrogen and oxygen atoms in total. The first-order valence-corrected chi connectivity index (χ1v) is 9.23. The Morgan fingerprint density at radius 1 is 1.25 bits per heavy atom. The summed E-state index contributed by atoms with van der Waals surface area (Å²) in [6.45, 7) is 6.09. The van der Waals surface area contributed by atoms with E-state index in [-0.39, 0.29) is 11.8 Å². The number of benzene rings is 1. The van der Waals surface area contributed by atoms with Crippen molar-refractivity contribution in [1.82, 2.24) is 4.90 Å². The first-order valence-electron chi connectivity index (χ1n) is 9.23. The summed E-state index contributed by atoms with van der Waals surface area (Å²) in [5.74, 6) is 1.06. The summed E-state index contributed by atoms with van der Waals surface area (Å²) < 4.78 is 0. The molecule has 24 heavy (non-hydrogen) atoms. The maximum absolute atomic E-state index is 12.7. The molecule has 0 N–H and O–H groups in total. The predicted octanol–water partition coefficient (Wildman–Crippen LogP) is 3.39. The molecule has 1 aliphatic carbocycles. The largest absolute Gasteiger partial charge is 0.339 e. The van der Waals surface area contributed by atoms with Crippen LogP contribution in [0.5, 0.6) is 0 Å². The average Bonchev–Trinajstić information content (AvgIpc) is 3.29. The molecule has 2 fully saturated rings. The van der Waals surface area contributed by atoms with Crippen molar-refractivity contribution < 1.29 is 9.59 Å². The van der Waals surface area contributed by atoms with Gasteiger partial charge < -0.3 is 9.80 Å². The van der Waals surface area contributed by atoms with Crippen molar-refractivity contribution in [2.75, 3.05) is 18.0 Å². The zero-order valence-corrected chi connectivity index (χ0v) is 14.8. The van der Waals surface area contributed by atoms with Gasteiger partial charge in [-0.3, -0.25) is 9.59 Å². The Kier molecular flexibility index (Phi) is 5.22. The summed E-state index contributed by atoms with van der Waals surface area (Å²) >= 11 is 0. The molecule has 1 aromatic rings. The summed E-state index contributed by atoms with van der Waals surface area (Å²) in [6.07, 6.45) is 5.42. The van der Waals surface area contributed by atoms with Crippen LogP contribution in [0.1, 0.15) is 51.5 Å². The topological polar surface area (TPSA) is 40.6 Å². The van der Waals surface area contributed by atoms with Gasteiger partial charge in [-0.15, -0.1) is 0 Å². The maximum atomic E-state index is 12.7. The van der Waals surface area contributed by atoms with Gasteiger partial charge in [0, 0.05) is 31.2 Å². The highest BCUT2D eigenvalue weighted by atomic mass is 16.2. The summed E-state index contributed by atoms with van der Waals surface area (Å²) in [7, 11) is 0. The normalized spacial score (nSPS) is 17.6. The Bertz CT molecular complexity index is 590. The molecule has 0 spiro atoms. The van der Waals surface area contributed by atoms with E-state index in [1.54, 1.807) is 0 Å². The van der Waals surface area contributed by atoms with Crippen LogP contribution in [0.4, 0.5) is 5.69 Å². The van der Waals surface area contributed by atoms with Gasteiger partial charge in [-0.1, -0.05) is 26.0 Å². The van der Waals surface area contributed by atoms with Crippen molar-refractivity contribution >= 4 is 17.5 Å². The monoisotopic (exact) mass is 328 g/mol. The van der Waals surface area contributed by atoms with Crippen molar-refractivity contribution in [2.24, 2.45) is 5.92 Å². The summed E-state index contributed by atoms with van der Waals surface area (Å²) in [5, 5.41) is 0. The van der Waals surface area contributed by atoms with Crippen LogP contribution < -0.4 is 4.90 Å². The fraction of sp³-hybridized carbons (Fsp3) is 0.600. The van der Waals surface area contributed by atoms with Gasteiger partial charge in [-0.2, -0.15) is 0 Å². The summed E-state index contributed by atoms with van der Waals surface area (Å²) in [5.41, 5.74) is 1.98. The SMILES string of the molecule is CC(C)CCN(C(=O)Cc1ccc(N2CCCC2=O)cc1)C1CC1. The van der Waals surface area contributed by atoms with Crippen LogP contribution >= 0.6 is 0 Å². The quantitative estimate of drug-likeness (QED) is 0.770. The molecule has 0 unspecified atom stereocenters. The van der Waals surface area contributed by atoms with Gasteiger partial charge in [-0.25, -0.2) is 0 Å². The van der Waals surface area contributed by atoms with Gasteiger partial charge in [0.2, 0.25) is 11.8 Å². The molecule has 1 aliphatic heterocycles. The number of hydrogen-bond acceptors (Lipinski definition) is 2. The van der Waals surface area contributed by atoms with Gasteiger partial charge in [0.05, 0.1) is 6.42 Å². The number of anilines is 1. The Balaban J connectivity index is 1.60. The number of nitrogens with zero attached hydrogens (tertiary/aromatic N) is 2. The Morgan fingerprint density at radius 3 is 2.50 bits per heavy atom.